The Morgan fingerprint density at radius 1 is 0.909 bits per heavy atom. The van der Waals surface area contributed by atoms with E-state index in [0.717, 1.165) is 29.5 Å². The molecular formula is C21H26O. The van der Waals surface area contributed by atoms with Crippen molar-refractivity contribution < 1.29 is 4.79 Å². The van der Waals surface area contributed by atoms with E-state index in [0.29, 0.717) is 0 Å². The van der Waals surface area contributed by atoms with Gasteiger partial charge in [0.15, 0.2) is 5.78 Å². The normalized spacial score (nSPS) is 12.1. The van der Waals surface area contributed by atoms with Crippen molar-refractivity contribution in [2.45, 2.75) is 46.0 Å². The number of carbonyl (C=O) groups is 1. The molecule has 0 aliphatic heterocycles. The van der Waals surface area contributed by atoms with Crippen LogP contribution in [0.25, 0.3) is 11.1 Å². The Balaban J connectivity index is 2.13. The van der Waals surface area contributed by atoms with Crippen molar-refractivity contribution in [2.24, 2.45) is 5.92 Å². The zero-order valence-corrected chi connectivity index (χ0v) is 13.7. The van der Waals surface area contributed by atoms with Crippen molar-refractivity contribution in [2.75, 3.05) is 0 Å². The number of unbranched alkanes of at least 4 members (excludes halogenated alkanes) is 3. The van der Waals surface area contributed by atoms with Crippen LogP contribution in [0.4, 0.5) is 0 Å². The third-order valence-electron chi connectivity index (χ3n) is 4.22. The summed E-state index contributed by atoms with van der Waals surface area (Å²) in [5, 5.41) is 0. The highest BCUT2D eigenvalue weighted by molar-refractivity contribution is 6.03. The number of hydrogen-bond donors (Lipinski definition) is 0. The Morgan fingerprint density at radius 3 is 2.32 bits per heavy atom. The molecule has 0 heterocycles. The number of ketones is 1. The van der Waals surface area contributed by atoms with Crippen molar-refractivity contribution in [1.82, 2.24) is 0 Å². The van der Waals surface area contributed by atoms with E-state index < -0.39 is 0 Å². The lowest BCUT2D eigenvalue weighted by molar-refractivity contribution is 0.0923. The predicted molar refractivity (Wildman–Crippen MR) is 94.1 cm³/mol. The molecule has 0 aliphatic carbocycles. The molecule has 0 saturated carbocycles. The molecule has 1 heteroatoms. The summed E-state index contributed by atoms with van der Waals surface area (Å²) in [7, 11) is 0. The van der Waals surface area contributed by atoms with E-state index in [-0.39, 0.29) is 11.7 Å². The van der Waals surface area contributed by atoms with Crippen LogP contribution in [0, 0.1) is 5.92 Å². The summed E-state index contributed by atoms with van der Waals surface area (Å²) in [5.41, 5.74) is 3.02. The van der Waals surface area contributed by atoms with E-state index in [1.54, 1.807) is 0 Å². The lowest BCUT2D eigenvalue weighted by atomic mass is 9.89. The maximum atomic E-state index is 12.8. The van der Waals surface area contributed by atoms with Crippen molar-refractivity contribution in [3.8, 4) is 11.1 Å². The highest BCUT2D eigenvalue weighted by Gasteiger charge is 2.18. The minimum absolute atomic E-state index is 0.0988. The summed E-state index contributed by atoms with van der Waals surface area (Å²) >= 11 is 0. The SMILES string of the molecule is CCCCCCC(C)C(=O)c1ccccc1-c1ccccc1. The monoisotopic (exact) mass is 294 g/mol. The molecule has 22 heavy (non-hydrogen) atoms. The van der Waals surface area contributed by atoms with Gasteiger partial charge >= 0.3 is 0 Å². The fraction of sp³-hybridized carbons (Fsp3) is 0.381. The van der Waals surface area contributed by atoms with Crippen molar-refractivity contribution in [3.63, 3.8) is 0 Å². The van der Waals surface area contributed by atoms with Gasteiger partial charge in [0.25, 0.3) is 0 Å². The lowest BCUT2D eigenvalue weighted by Crippen LogP contribution is -2.12. The van der Waals surface area contributed by atoms with E-state index in [1.165, 1.54) is 19.3 Å². The molecule has 0 bridgehead atoms. The Kier molecular flexibility index (Phi) is 6.39. The van der Waals surface area contributed by atoms with Crippen LogP contribution in [0.15, 0.2) is 54.6 Å². The van der Waals surface area contributed by atoms with Crippen LogP contribution in [-0.2, 0) is 0 Å². The molecule has 0 N–H and O–H groups in total. The molecule has 0 aliphatic rings. The van der Waals surface area contributed by atoms with E-state index in [9.17, 15) is 4.79 Å². The quantitative estimate of drug-likeness (QED) is 0.422. The van der Waals surface area contributed by atoms with Crippen LogP contribution in [0.1, 0.15) is 56.3 Å². The van der Waals surface area contributed by atoms with Crippen molar-refractivity contribution in [1.29, 1.82) is 0 Å². The molecule has 0 radical (unpaired) electrons. The fourth-order valence-corrected chi connectivity index (χ4v) is 2.84. The van der Waals surface area contributed by atoms with Crippen molar-refractivity contribution in [3.05, 3.63) is 60.2 Å². The highest BCUT2D eigenvalue weighted by Crippen LogP contribution is 2.26. The van der Waals surface area contributed by atoms with Crippen LogP contribution in [0.3, 0.4) is 0 Å². The summed E-state index contributed by atoms with van der Waals surface area (Å²) in [4.78, 5) is 12.8. The van der Waals surface area contributed by atoms with Gasteiger partial charge in [-0.2, -0.15) is 0 Å². The second-order valence-electron chi connectivity index (χ2n) is 6.03. The van der Waals surface area contributed by atoms with E-state index in [2.05, 4.69) is 26.0 Å². The summed E-state index contributed by atoms with van der Waals surface area (Å²) in [6.45, 7) is 4.28. The largest absolute Gasteiger partial charge is 0.294 e. The maximum absolute atomic E-state index is 12.8. The smallest absolute Gasteiger partial charge is 0.166 e. The molecule has 2 rings (SSSR count). The number of Topliss-reactive ketones (excluding diaryl/α,β-unsaturated/α-hetero) is 1. The number of rotatable bonds is 8. The number of benzene rings is 2. The van der Waals surface area contributed by atoms with Crippen LogP contribution in [0.5, 0.6) is 0 Å². The minimum atomic E-state index is 0.0988. The fourth-order valence-electron chi connectivity index (χ4n) is 2.84. The summed E-state index contributed by atoms with van der Waals surface area (Å²) in [6, 6.07) is 18.2. The second kappa shape index (κ2) is 8.53. The van der Waals surface area contributed by atoms with E-state index in [1.807, 2.05) is 42.5 Å². The minimum Gasteiger partial charge on any atom is -0.294 e. The van der Waals surface area contributed by atoms with Crippen LogP contribution < -0.4 is 0 Å². The Hall–Kier alpha value is -1.89. The highest BCUT2D eigenvalue weighted by atomic mass is 16.1. The zero-order chi connectivity index (χ0) is 15.8. The molecule has 0 amide bonds. The molecule has 1 atom stereocenters. The summed E-state index contributed by atoms with van der Waals surface area (Å²) < 4.78 is 0. The maximum Gasteiger partial charge on any atom is 0.166 e. The van der Waals surface area contributed by atoms with Crippen LogP contribution in [-0.4, -0.2) is 5.78 Å². The van der Waals surface area contributed by atoms with Gasteiger partial charge < -0.3 is 0 Å². The van der Waals surface area contributed by atoms with Gasteiger partial charge in [0.2, 0.25) is 0 Å². The molecule has 0 saturated heterocycles. The molecule has 1 nitrogen and oxygen atoms in total. The predicted octanol–water partition coefficient (Wildman–Crippen LogP) is 6.14. The third-order valence-corrected chi connectivity index (χ3v) is 4.22. The first-order chi connectivity index (χ1) is 10.7. The van der Waals surface area contributed by atoms with Gasteiger partial charge in [0.1, 0.15) is 0 Å². The molecule has 2 aromatic carbocycles. The van der Waals surface area contributed by atoms with Gasteiger partial charge in [0.05, 0.1) is 0 Å². The van der Waals surface area contributed by atoms with Crippen LogP contribution >= 0.6 is 0 Å². The third kappa shape index (κ3) is 4.30. The second-order valence-corrected chi connectivity index (χ2v) is 6.03. The van der Waals surface area contributed by atoms with Gasteiger partial charge in [0, 0.05) is 11.5 Å². The zero-order valence-electron chi connectivity index (χ0n) is 13.7. The average molecular weight is 294 g/mol. The molecule has 1 unspecified atom stereocenters. The molecule has 0 fully saturated rings. The van der Waals surface area contributed by atoms with Gasteiger partial charge in [-0.3, -0.25) is 4.79 Å². The molecule has 116 valence electrons. The molecule has 0 aromatic heterocycles. The van der Waals surface area contributed by atoms with Gasteiger partial charge in [-0.1, -0.05) is 94.1 Å². The average Bonchev–Trinajstić information content (AvgIpc) is 2.58. The van der Waals surface area contributed by atoms with Gasteiger partial charge in [-0.05, 0) is 17.5 Å². The van der Waals surface area contributed by atoms with Gasteiger partial charge in [-0.15, -0.1) is 0 Å². The van der Waals surface area contributed by atoms with Crippen molar-refractivity contribution >= 4 is 5.78 Å². The molecular weight excluding hydrogens is 268 g/mol. The Labute approximate surface area is 134 Å². The first-order valence-electron chi connectivity index (χ1n) is 8.42. The van der Waals surface area contributed by atoms with E-state index in [4.69, 9.17) is 0 Å². The lowest BCUT2D eigenvalue weighted by Gasteiger charge is -2.14. The standard InChI is InChI=1S/C21H26O/c1-3-4-5-7-12-17(2)21(22)20-16-11-10-15-19(20)18-13-8-6-9-14-18/h6,8-11,13-17H,3-5,7,12H2,1-2H3. The topological polar surface area (TPSA) is 17.1 Å². The van der Waals surface area contributed by atoms with Gasteiger partial charge in [-0.25, -0.2) is 0 Å². The molecule has 0 spiro atoms. The van der Waals surface area contributed by atoms with E-state index >= 15 is 0 Å². The number of carbonyl (C=O) groups excluding carboxylic acids is 1. The van der Waals surface area contributed by atoms with Crippen LogP contribution in [0.2, 0.25) is 0 Å². The Bertz CT molecular complexity index is 586. The first-order valence-corrected chi connectivity index (χ1v) is 8.42. The summed E-state index contributed by atoms with van der Waals surface area (Å²) in [5.74, 6) is 0.373. The Morgan fingerprint density at radius 2 is 1.59 bits per heavy atom. The molecule has 2 aromatic rings. The first kappa shape index (κ1) is 16.5. The number of hydrogen-bond acceptors (Lipinski definition) is 1. The summed E-state index contributed by atoms with van der Waals surface area (Å²) in [6.07, 6.45) is 5.87.